The fourth-order valence-electron chi connectivity index (χ4n) is 1.93. The van der Waals surface area contributed by atoms with E-state index in [1.165, 1.54) is 28.8 Å². The summed E-state index contributed by atoms with van der Waals surface area (Å²) >= 11 is 2.24. The number of benzene rings is 2. The van der Waals surface area contributed by atoms with E-state index in [4.69, 9.17) is 0 Å². The Hall–Kier alpha value is -1.16. The first-order valence-corrected chi connectivity index (χ1v) is 7.00. The van der Waals surface area contributed by atoms with E-state index in [1.54, 1.807) is 0 Å². The standard InChI is InChI=1S/C16H14FI/c1-11-3-4-12(2)15(9-11)16(10-18)13-5-7-14(17)8-6-13/h3-10H,1-2H3/b16-10+. The van der Waals surface area contributed by atoms with Crippen molar-refractivity contribution in [2.24, 2.45) is 0 Å². The molecule has 0 saturated carbocycles. The van der Waals surface area contributed by atoms with Gasteiger partial charge in [-0.1, -0.05) is 58.5 Å². The maximum Gasteiger partial charge on any atom is 0.123 e. The second-order valence-electron chi connectivity index (χ2n) is 4.35. The van der Waals surface area contributed by atoms with E-state index >= 15 is 0 Å². The molecule has 0 aromatic heterocycles. The minimum absolute atomic E-state index is 0.201. The highest BCUT2D eigenvalue weighted by atomic mass is 127. The quantitative estimate of drug-likeness (QED) is 0.646. The lowest BCUT2D eigenvalue weighted by Crippen LogP contribution is -1.92. The van der Waals surface area contributed by atoms with E-state index in [9.17, 15) is 4.39 Å². The molecule has 0 nitrogen and oxygen atoms in total. The van der Waals surface area contributed by atoms with Crippen molar-refractivity contribution in [2.45, 2.75) is 13.8 Å². The van der Waals surface area contributed by atoms with Crippen LogP contribution >= 0.6 is 22.6 Å². The third-order valence-electron chi connectivity index (χ3n) is 2.95. The van der Waals surface area contributed by atoms with Gasteiger partial charge in [0.05, 0.1) is 0 Å². The Morgan fingerprint density at radius 2 is 1.72 bits per heavy atom. The Kier molecular flexibility index (Phi) is 4.17. The van der Waals surface area contributed by atoms with E-state index in [2.05, 4.69) is 54.6 Å². The van der Waals surface area contributed by atoms with Crippen LogP contribution in [0.1, 0.15) is 22.3 Å². The number of halogens is 2. The molecular formula is C16H14FI. The van der Waals surface area contributed by atoms with Crippen LogP contribution in [-0.2, 0) is 0 Å². The summed E-state index contributed by atoms with van der Waals surface area (Å²) < 4.78 is 15.0. The molecule has 92 valence electrons. The zero-order chi connectivity index (χ0) is 13.1. The first kappa shape index (κ1) is 13.3. The SMILES string of the molecule is Cc1ccc(C)c(/C(=C/I)c2ccc(F)cc2)c1. The van der Waals surface area contributed by atoms with Crippen LogP contribution in [0.5, 0.6) is 0 Å². The van der Waals surface area contributed by atoms with Gasteiger partial charge in [-0.05, 0) is 52.3 Å². The van der Waals surface area contributed by atoms with Gasteiger partial charge in [0, 0.05) is 0 Å². The van der Waals surface area contributed by atoms with E-state index in [-0.39, 0.29) is 5.82 Å². The van der Waals surface area contributed by atoms with Crippen molar-refractivity contribution in [3.63, 3.8) is 0 Å². The van der Waals surface area contributed by atoms with Gasteiger partial charge in [-0.15, -0.1) is 0 Å². The summed E-state index contributed by atoms with van der Waals surface area (Å²) in [4.78, 5) is 0. The summed E-state index contributed by atoms with van der Waals surface area (Å²) in [5.74, 6) is -0.201. The van der Waals surface area contributed by atoms with Crippen LogP contribution in [0.4, 0.5) is 4.39 Å². The Morgan fingerprint density at radius 1 is 1.06 bits per heavy atom. The van der Waals surface area contributed by atoms with Gasteiger partial charge in [0.1, 0.15) is 5.82 Å². The van der Waals surface area contributed by atoms with Gasteiger partial charge >= 0.3 is 0 Å². The molecule has 0 amide bonds. The van der Waals surface area contributed by atoms with Crippen LogP contribution in [0.2, 0.25) is 0 Å². The largest absolute Gasteiger partial charge is 0.207 e. The average Bonchev–Trinajstić information content (AvgIpc) is 2.37. The molecule has 0 atom stereocenters. The minimum atomic E-state index is -0.201. The Bertz CT molecular complexity index is 583. The van der Waals surface area contributed by atoms with Gasteiger partial charge in [-0.3, -0.25) is 0 Å². The maximum atomic E-state index is 13.0. The second kappa shape index (κ2) is 5.65. The van der Waals surface area contributed by atoms with Crippen molar-refractivity contribution in [3.8, 4) is 0 Å². The monoisotopic (exact) mass is 352 g/mol. The Morgan fingerprint density at radius 3 is 2.33 bits per heavy atom. The number of rotatable bonds is 2. The van der Waals surface area contributed by atoms with Crippen molar-refractivity contribution < 1.29 is 4.39 Å². The summed E-state index contributed by atoms with van der Waals surface area (Å²) in [7, 11) is 0. The molecule has 2 aromatic rings. The number of hydrogen-bond acceptors (Lipinski definition) is 0. The van der Waals surface area contributed by atoms with E-state index in [1.807, 2.05) is 16.2 Å². The normalized spacial score (nSPS) is 11.7. The van der Waals surface area contributed by atoms with Crippen molar-refractivity contribution in [3.05, 3.63) is 74.6 Å². The third-order valence-corrected chi connectivity index (χ3v) is 3.57. The molecule has 2 aromatic carbocycles. The minimum Gasteiger partial charge on any atom is -0.207 e. The molecular weight excluding hydrogens is 338 g/mol. The van der Waals surface area contributed by atoms with Crippen molar-refractivity contribution in [1.29, 1.82) is 0 Å². The van der Waals surface area contributed by atoms with E-state index in [0.717, 1.165) is 11.1 Å². The Balaban J connectivity index is 2.52. The van der Waals surface area contributed by atoms with Crippen LogP contribution in [0, 0.1) is 19.7 Å². The molecule has 0 N–H and O–H groups in total. The lowest BCUT2D eigenvalue weighted by Gasteiger charge is -2.11. The Labute approximate surface area is 121 Å². The predicted octanol–water partition coefficient (Wildman–Crippen LogP) is 5.27. The molecule has 2 heteroatoms. The molecule has 0 saturated heterocycles. The smallest absolute Gasteiger partial charge is 0.123 e. The molecule has 0 heterocycles. The lowest BCUT2D eigenvalue weighted by molar-refractivity contribution is 0.627. The fourth-order valence-corrected chi connectivity index (χ4v) is 2.63. The number of hydrogen-bond donors (Lipinski definition) is 0. The summed E-state index contributed by atoms with van der Waals surface area (Å²) in [6, 6.07) is 13.0. The summed E-state index contributed by atoms with van der Waals surface area (Å²) in [5, 5.41) is 0. The molecule has 0 unspecified atom stereocenters. The zero-order valence-electron chi connectivity index (χ0n) is 10.4. The highest BCUT2D eigenvalue weighted by Crippen LogP contribution is 2.28. The molecule has 0 fully saturated rings. The van der Waals surface area contributed by atoms with Gasteiger partial charge in [0.25, 0.3) is 0 Å². The topological polar surface area (TPSA) is 0 Å². The third kappa shape index (κ3) is 2.80. The predicted molar refractivity (Wildman–Crippen MR) is 83.4 cm³/mol. The van der Waals surface area contributed by atoms with Crippen LogP contribution in [0.3, 0.4) is 0 Å². The van der Waals surface area contributed by atoms with Gasteiger partial charge < -0.3 is 0 Å². The van der Waals surface area contributed by atoms with Crippen molar-refractivity contribution in [1.82, 2.24) is 0 Å². The first-order valence-electron chi connectivity index (χ1n) is 5.76. The molecule has 0 bridgehead atoms. The van der Waals surface area contributed by atoms with Gasteiger partial charge in [-0.25, -0.2) is 4.39 Å². The highest BCUT2D eigenvalue weighted by Gasteiger charge is 2.07. The van der Waals surface area contributed by atoms with Gasteiger partial charge in [-0.2, -0.15) is 0 Å². The van der Waals surface area contributed by atoms with E-state index < -0.39 is 0 Å². The van der Waals surface area contributed by atoms with Crippen molar-refractivity contribution in [2.75, 3.05) is 0 Å². The average molecular weight is 352 g/mol. The molecule has 0 aliphatic carbocycles. The molecule has 18 heavy (non-hydrogen) atoms. The summed E-state index contributed by atoms with van der Waals surface area (Å²) in [5.41, 5.74) is 5.84. The lowest BCUT2D eigenvalue weighted by atomic mass is 9.94. The van der Waals surface area contributed by atoms with Crippen LogP contribution in [-0.4, -0.2) is 0 Å². The van der Waals surface area contributed by atoms with Gasteiger partial charge in [0.15, 0.2) is 0 Å². The first-order chi connectivity index (χ1) is 8.61. The molecule has 0 aliphatic heterocycles. The zero-order valence-corrected chi connectivity index (χ0v) is 12.5. The van der Waals surface area contributed by atoms with Crippen molar-refractivity contribution >= 4 is 28.2 Å². The number of aryl methyl sites for hydroxylation is 2. The molecule has 0 aliphatic rings. The van der Waals surface area contributed by atoms with Crippen LogP contribution in [0.15, 0.2) is 46.5 Å². The summed E-state index contributed by atoms with van der Waals surface area (Å²) in [6.45, 7) is 4.18. The second-order valence-corrected chi connectivity index (χ2v) is 4.97. The summed E-state index contributed by atoms with van der Waals surface area (Å²) in [6.07, 6.45) is 0. The molecule has 0 spiro atoms. The van der Waals surface area contributed by atoms with E-state index in [0.29, 0.717) is 0 Å². The maximum absolute atomic E-state index is 13.0. The molecule has 2 rings (SSSR count). The highest BCUT2D eigenvalue weighted by molar-refractivity contribution is 14.1. The van der Waals surface area contributed by atoms with Crippen LogP contribution < -0.4 is 0 Å². The fraction of sp³-hybridized carbons (Fsp3) is 0.125. The van der Waals surface area contributed by atoms with Crippen LogP contribution in [0.25, 0.3) is 5.57 Å². The molecule has 0 radical (unpaired) electrons. The van der Waals surface area contributed by atoms with Gasteiger partial charge in [0.2, 0.25) is 0 Å².